The van der Waals surface area contributed by atoms with Crippen molar-refractivity contribution in [2.24, 2.45) is 0 Å². The third kappa shape index (κ3) is 1.28. The topological polar surface area (TPSA) is 24.7 Å². The van der Waals surface area contributed by atoms with Gasteiger partial charge in [0.2, 0.25) is 5.69 Å². The number of amides is 1. The van der Waals surface area contributed by atoms with Crippen molar-refractivity contribution >= 4 is 27.5 Å². The van der Waals surface area contributed by atoms with E-state index in [0.29, 0.717) is 11.3 Å². The molecular formula is C12H11BrN2O. The van der Waals surface area contributed by atoms with Crippen LogP contribution >= 0.6 is 15.9 Å². The van der Waals surface area contributed by atoms with E-state index in [1.807, 2.05) is 19.9 Å². The zero-order chi connectivity index (χ0) is 12.1. The van der Waals surface area contributed by atoms with Crippen molar-refractivity contribution in [3.8, 4) is 0 Å². The highest BCUT2D eigenvalue weighted by atomic mass is 79.9. The summed E-state index contributed by atoms with van der Waals surface area (Å²) in [4.78, 5) is 17.1. The molecule has 0 unspecified atom stereocenters. The van der Waals surface area contributed by atoms with Gasteiger partial charge in [0, 0.05) is 17.1 Å². The predicted octanol–water partition coefficient (Wildman–Crippen LogP) is 3.32. The van der Waals surface area contributed by atoms with E-state index < -0.39 is 0 Å². The van der Waals surface area contributed by atoms with Crippen molar-refractivity contribution < 1.29 is 4.79 Å². The number of carbonyl (C=O) groups is 1. The summed E-state index contributed by atoms with van der Waals surface area (Å²) in [6.45, 7) is 11.0. The Hall–Kier alpha value is -1.34. The molecule has 1 aromatic carbocycles. The van der Waals surface area contributed by atoms with Gasteiger partial charge in [0.1, 0.15) is 0 Å². The molecule has 0 saturated heterocycles. The highest BCUT2D eigenvalue weighted by Crippen LogP contribution is 2.41. The maximum Gasteiger partial charge on any atom is 0.253 e. The van der Waals surface area contributed by atoms with Crippen molar-refractivity contribution in [2.75, 3.05) is 7.05 Å². The Labute approximate surface area is 103 Å². The molecule has 3 nitrogen and oxygen atoms in total. The second-order valence-corrected chi connectivity index (χ2v) is 5.24. The van der Waals surface area contributed by atoms with Crippen LogP contribution in [0.2, 0.25) is 0 Å². The molecule has 16 heavy (non-hydrogen) atoms. The van der Waals surface area contributed by atoms with Crippen LogP contribution in [0.15, 0.2) is 16.6 Å². The Kier molecular flexibility index (Phi) is 2.32. The van der Waals surface area contributed by atoms with Crippen LogP contribution in [0.25, 0.3) is 4.85 Å². The molecule has 0 spiro atoms. The molecule has 0 aliphatic carbocycles. The van der Waals surface area contributed by atoms with Gasteiger partial charge in [-0.2, -0.15) is 0 Å². The van der Waals surface area contributed by atoms with Gasteiger partial charge >= 0.3 is 0 Å². The van der Waals surface area contributed by atoms with Crippen LogP contribution in [0.4, 0.5) is 5.69 Å². The van der Waals surface area contributed by atoms with Crippen molar-refractivity contribution in [1.82, 2.24) is 4.90 Å². The average molecular weight is 279 g/mol. The Morgan fingerprint density at radius 2 is 2.06 bits per heavy atom. The molecular weight excluding hydrogens is 268 g/mol. The fourth-order valence-electron chi connectivity index (χ4n) is 1.95. The molecule has 1 aromatic rings. The van der Waals surface area contributed by atoms with Gasteiger partial charge in [-0.1, -0.05) is 22.0 Å². The van der Waals surface area contributed by atoms with E-state index in [4.69, 9.17) is 6.57 Å². The van der Waals surface area contributed by atoms with Gasteiger partial charge in [0.15, 0.2) is 0 Å². The van der Waals surface area contributed by atoms with Gasteiger partial charge in [-0.15, -0.1) is 0 Å². The maximum atomic E-state index is 12.0. The molecule has 4 heteroatoms. The summed E-state index contributed by atoms with van der Waals surface area (Å²) in [5, 5.41) is 0. The van der Waals surface area contributed by atoms with Crippen LogP contribution in [0.5, 0.6) is 0 Å². The molecule has 0 aromatic heterocycles. The Bertz CT molecular complexity index is 529. The van der Waals surface area contributed by atoms with Gasteiger partial charge in [0.25, 0.3) is 5.91 Å². The molecule has 1 amide bonds. The quantitative estimate of drug-likeness (QED) is 0.668. The molecule has 82 valence electrons. The van der Waals surface area contributed by atoms with Crippen LogP contribution < -0.4 is 0 Å². The van der Waals surface area contributed by atoms with Crippen LogP contribution in [-0.4, -0.2) is 17.9 Å². The lowest BCUT2D eigenvalue weighted by Crippen LogP contribution is -2.35. The lowest BCUT2D eigenvalue weighted by atomic mass is 9.94. The maximum absolute atomic E-state index is 12.0. The fourth-order valence-corrected chi connectivity index (χ4v) is 2.38. The molecule has 0 atom stereocenters. The SMILES string of the molecule is [C-]#[N+]c1cc2c(cc1Br)C(C)(C)N(C)C2=O. The molecule has 0 N–H and O–H groups in total. The molecule has 1 aliphatic heterocycles. The molecule has 1 aliphatic rings. The number of benzene rings is 1. The Morgan fingerprint density at radius 3 is 2.62 bits per heavy atom. The fraction of sp³-hybridized carbons (Fsp3) is 0.333. The summed E-state index contributed by atoms with van der Waals surface area (Å²) in [5.41, 5.74) is 1.79. The van der Waals surface area contributed by atoms with E-state index in [1.165, 1.54) is 0 Å². The minimum atomic E-state index is -0.310. The second kappa shape index (κ2) is 3.33. The zero-order valence-corrected chi connectivity index (χ0v) is 10.9. The highest BCUT2D eigenvalue weighted by molar-refractivity contribution is 9.10. The average Bonchev–Trinajstić information content (AvgIpc) is 2.40. The number of carbonyl (C=O) groups excluding carboxylic acids is 1. The van der Waals surface area contributed by atoms with Crippen LogP contribution in [0, 0.1) is 6.57 Å². The van der Waals surface area contributed by atoms with Crippen molar-refractivity contribution in [2.45, 2.75) is 19.4 Å². The summed E-state index contributed by atoms with van der Waals surface area (Å²) in [6.07, 6.45) is 0. The van der Waals surface area contributed by atoms with E-state index in [0.717, 1.165) is 10.0 Å². The summed E-state index contributed by atoms with van der Waals surface area (Å²) in [5.74, 6) is -0.0163. The van der Waals surface area contributed by atoms with Gasteiger partial charge in [-0.05, 0) is 25.5 Å². The Morgan fingerprint density at radius 1 is 1.44 bits per heavy atom. The first-order valence-corrected chi connectivity index (χ1v) is 5.68. The van der Waals surface area contributed by atoms with E-state index in [2.05, 4.69) is 20.8 Å². The molecule has 0 radical (unpaired) electrons. The molecule has 1 heterocycles. The highest BCUT2D eigenvalue weighted by Gasteiger charge is 2.40. The summed E-state index contributed by atoms with van der Waals surface area (Å²) >= 11 is 3.36. The van der Waals surface area contributed by atoms with Gasteiger partial charge in [0.05, 0.1) is 12.1 Å². The minimum absolute atomic E-state index is 0.0163. The monoisotopic (exact) mass is 278 g/mol. The smallest absolute Gasteiger partial charge is 0.253 e. The van der Waals surface area contributed by atoms with Crippen molar-refractivity contribution in [3.63, 3.8) is 0 Å². The van der Waals surface area contributed by atoms with E-state index in [9.17, 15) is 4.79 Å². The van der Waals surface area contributed by atoms with Gasteiger partial charge < -0.3 is 4.90 Å². The molecule has 0 fully saturated rings. The zero-order valence-electron chi connectivity index (χ0n) is 9.34. The molecule has 2 rings (SSSR count). The lowest BCUT2D eigenvalue weighted by molar-refractivity contribution is 0.0691. The second-order valence-electron chi connectivity index (χ2n) is 4.38. The third-order valence-electron chi connectivity index (χ3n) is 3.24. The summed E-state index contributed by atoms with van der Waals surface area (Å²) in [6, 6.07) is 3.55. The van der Waals surface area contributed by atoms with Crippen LogP contribution in [-0.2, 0) is 5.54 Å². The number of hydrogen-bond donors (Lipinski definition) is 0. The largest absolute Gasteiger partial charge is 0.333 e. The normalized spacial score (nSPS) is 17.2. The number of hydrogen-bond acceptors (Lipinski definition) is 1. The number of rotatable bonds is 0. The van der Waals surface area contributed by atoms with Crippen LogP contribution in [0.1, 0.15) is 29.8 Å². The first-order chi connectivity index (χ1) is 7.39. The number of nitrogens with zero attached hydrogens (tertiary/aromatic N) is 2. The van der Waals surface area contributed by atoms with E-state index >= 15 is 0 Å². The van der Waals surface area contributed by atoms with Gasteiger partial charge in [-0.25, -0.2) is 4.85 Å². The predicted molar refractivity (Wildman–Crippen MR) is 65.5 cm³/mol. The Balaban J connectivity index is 2.74. The molecule has 0 saturated carbocycles. The standard InChI is InChI=1S/C12H11BrN2O/c1-12(2)8-6-9(13)10(14-3)5-7(8)11(16)15(12)4/h5-6H,1-2,4H3. The minimum Gasteiger partial charge on any atom is -0.333 e. The van der Waals surface area contributed by atoms with Crippen LogP contribution in [0.3, 0.4) is 0 Å². The van der Waals surface area contributed by atoms with Crippen molar-refractivity contribution in [3.05, 3.63) is 39.1 Å². The summed E-state index contributed by atoms with van der Waals surface area (Å²) in [7, 11) is 1.79. The lowest BCUT2D eigenvalue weighted by Gasteiger charge is -2.28. The number of fused-ring (bicyclic) bond motifs is 1. The molecule has 0 bridgehead atoms. The summed E-state index contributed by atoms with van der Waals surface area (Å²) < 4.78 is 0.748. The first-order valence-electron chi connectivity index (χ1n) is 4.89. The number of halogens is 1. The van der Waals surface area contributed by atoms with Crippen molar-refractivity contribution in [1.29, 1.82) is 0 Å². The third-order valence-corrected chi connectivity index (χ3v) is 3.88. The first kappa shape index (κ1) is 11.2. The van der Waals surface area contributed by atoms with Gasteiger partial charge in [-0.3, -0.25) is 4.79 Å². The van der Waals surface area contributed by atoms with E-state index in [-0.39, 0.29) is 11.4 Å². The van der Waals surface area contributed by atoms with E-state index in [1.54, 1.807) is 18.0 Å².